The Morgan fingerprint density at radius 1 is 1.20 bits per heavy atom. The molecule has 3 rings (SSSR count). The summed E-state index contributed by atoms with van der Waals surface area (Å²) in [5.41, 5.74) is 3.56. The highest BCUT2D eigenvalue weighted by molar-refractivity contribution is 7.10. The van der Waals surface area contributed by atoms with Crippen LogP contribution >= 0.6 is 11.3 Å². The van der Waals surface area contributed by atoms with Gasteiger partial charge in [0.1, 0.15) is 0 Å². The summed E-state index contributed by atoms with van der Waals surface area (Å²) in [5, 5.41) is 2.12. The van der Waals surface area contributed by atoms with E-state index in [0.29, 0.717) is 32.7 Å². The van der Waals surface area contributed by atoms with Crippen molar-refractivity contribution in [2.24, 2.45) is 0 Å². The van der Waals surface area contributed by atoms with Gasteiger partial charge in [0.2, 0.25) is 11.8 Å². The second-order valence-corrected chi connectivity index (χ2v) is 8.62. The Kier molecular flexibility index (Phi) is 8.05. The molecule has 0 aliphatic carbocycles. The largest absolute Gasteiger partial charge is 0.382 e. The zero-order valence-electron chi connectivity index (χ0n) is 18.2. The molecule has 0 saturated heterocycles. The van der Waals surface area contributed by atoms with E-state index in [0.717, 1.165) is 18.4 Å². The number of amides is 2. The summed E-state index contributed by atoms with van der Waals surface area (Å²) in [6.07, 6.45) is 2.01. The second-order valence-electron chi connectivity index (χ2n) is 7.61. The first-order valence-electron chi connectivity index (χ1n) is 10.8. The Morgan fingerprint density at radius 3 is 2.73 bits per heavy atom. The molecule has 2 aromatic rings. The van der Waals surface area contributed by atoms with Gasteiger partial charge < -0.3 is 14.5 Å². The molecule has 1 aliphatic heterocycles. The van der Waals surface area contributed by atoms with Gasteiger partial charge in [0.05, 0.1) is 12.6 Å². The molecule has 1 atom stereocenters. The monoisotopic (exact) mass is 428 g/mol. The number of carbonyl (C=O) groups excluding carboxylic acids is 2. The lowest BCUT2D eigenvalue weighted by Crippen LogP contribution is -2.47. The van der Waals surface area contributed by atoms with Gasteiger partial charge in [-0.2, -0.15) is 0 Å². The zero-order chi connectivity index (χ0) is 21.5. The van der Waals surface area contributed by atoms with Crippen molar-refractivity contribution in [3.63, 3.8) is 0 Å². The minimum Gasteiger partial charge on any atom is -0.382 e. The molecule has 1 aromatic heterocycles. The smallest absolute Gasteiger partial charge is 0.242 e. The number of rotatable bonds is 9. The molecule has 2 amide bonds. The average molecular weight is 429 g/mol. The molecule has 1 aromatic carbocycles. The van der Waals surface area contributed by atoms with Crippen molar-refractivity contribution >= 4 is 23.2 Å². The minimum atomic E-state index is -0.0873. The summed E-state index contributed by atoms with van der Waals surface area (Å²) < 4.78 is 5.40. The van der Waals surface area contributed by atoms with Gasteiger partial charge in [0.25, 0.3) is 0 Å². The van der Waals surface area contributed by atoms with E-state index in [1.165, 1.54) is 16.0 Å². The maximum absolute atomic E-state index is 13.4. The quantitative estimate of drug-likeness (QED) is 0.563. The number of thiophene rings is 1. The van der Waals surface area contributed by atoms with Crippen molar-refractivity contribution in [1.82, 2.24) is 9.80 Å². The van der Waals surface area contributed by atoms with Gasteiger partial charge in [-0.25, -0.2) is 0 Å². The van der Waals surface area contributed by atoms with Crippen molar-refractivity contribution in [3.05, 3.63) is 57.3 Å². The van der Waals surface area contributed by atoms with Crippen molar-refractivity contribution in [3.8, 4) is 0 Å². The van der Waals surface area contributed by atoms with E-state index in [2.05, 4.69) is 30.5 Å². The SMILES string of the molecule is CCOCCCN(CC(=O)N1CCc2sccc2C1c1ccccc1C)C(=O)CC. The lowest BCUT2D eigenvalue weighted by atomic mass is 9.90. The fourth-order valence-corrected chi connectivity index (χ4v) is 4.99. The Hall–Kier alpha value is -2.18. The van der Waals surface area contributed by atoms with Gasteiger partial charge in [0.15, 0.2) is 0 Å². The van der Waals surface area contributed by atoms with Crippen LogP contribution in [-0.4, -0.2) is 54.5 Å². The van der Waals surface area contributed by atoms with Gasteiger partial charge in [-0.1, -0.05) is 31.2 Å². The van der Waals surface area contributed by atoms with Crippen molar-refractivity contribution in [2.75, 3.05) is 32.8 Å². The van der Waals surface area contributed by atoms with E-state index in [9.17, 15) is 9.59 Å². The molecule has 2 heterocycles. The highest BCUT2D eigenvalue weighted by Gasteiger charge is 2.34. The molecule has 0 fully saturated rings. The number of nitrogens with zero attached hydrogens (tertiary/aromatic N) is 2. The van der Waals surface area contributed by atoms with Crippen LogP contribution in [0, 0.1) is 6.92 Å². The van der Waals surface area contributed by atoms with Crippen LogP contribution in [0.15, 0.2) is 35.7 Å². The first-order valence-corrected chi connectivity index (χ1v) is 11.7. The van der Waals surface area contributed by atoms with Crippen molar-refractivity contribution in [1.29, 1.82) is 0 Å². The molecule has 0 saturated carbocycles. The Morgan fingerprint density at radius 2 is 2.00 bits per heavy atom. The third-order valence-electron chi connectivity index (χ3n) is 5.67. The van der Waals surface area contributed by atoms with E-state index < -0.39 is 0 Å². The predicted octanol–water partition coefficient (Wildman–Crippen LogP) is 4.20. The van der Waals surface area contributed by atoms with Crippen molar-refractivity contribution in [2.45, 2.75) is 46.1 Å². The van der Waals surface area contributed by atoms with Crippen LogP contribution in [0.3, 0.4) is 0 Å². The van der Waals surface area contributed by atoms with Crippen LogP contribution in [0.1, 0.15) is 54.3 Å². The standard InChI is InChI=1S/C24H32N2O3S/c1-4-22(27)25(13-8-15-29-5-2)17-23(28)26-14-11-21-20(12-16-30-21)24(26)19-10-7-6-9-18(19)3/h6-7,9-10,12,16,24H,4-5,8,11,13-15,17H2,1-3H3. The average Bonchev–Trinajstić information content (AvgIpc) is 3.24. The lowest BCUT2D eigenvalue weighted by Gasteiger charge is -2.38. The van der Waals surface area contributed by atoms with E-state index in [1.807, 2.05) is 30.9 Å². The summed E-state index contributed by atoms with van der Waals surface area (Å²) in [5.74, 6) is 0.0267. The third-order valence-corrected chi connectivity index (χ3v) is 6.67. The predicted molar refractivity (Wildman–Crippen MR) is 121 cm³/mol. The molecular formula is C24H32N2O3S. The highest BCUT2D eigenvalue weighted by Crippen LogP contribution is 2.38. The van der Waals surface area contributed by atoms with Crippen LogP contribution in [0.4, 0.5) is 0 Å². The minimum absolute atomic E-state index is 0.0123. The number of ether oxygens (including phenoxy) is 1. The molecule has 0 bridgehead atoms. The Balaban J connectivity index is 1.82. The first kappa shape index (κ1) is 22.5. The van der Waals surface area contributed by atoms with Gasteiger partial charge in [0, 0.05) is 37.6 Å². The van der Waals surface area contributed by atoms with Gasteiger partial charge >= 0.3 is 0 Å². The maximum atomic E-state index is 13.4. The molecule has 6 heteroatoms. The van der Waals surface area contributed by atoms with Crippen LogP contribution in [0.25, 0.3) is 0 Å². The Bertz CT molecular complexity index is 864. The molecule has 1 unspecified atom stereocenters. The molecule has 1 aliphatic rings. The molecule has 0 spiro atoms. The first-order chi connectivity index (χ1) is 14.6. The fourth-order valence-electron chi connectivity index (χ4n) is 4.09. The molecular weight excluding hydrogens is 396 g/mol. The van der Waals surface area contributed by atoms with Crippen LogP contribution in [0.2, 0.25) is 0 Å². The zero-order valence-corrected chi connectivity index (χ0v) is 19.0. The molecule has 5 nitrogen and oxygen atoms in total. The van der Waals surface area contributed by atoms with E-state index in [1.54, 1.807) is 16.2 Å². The number of hydrogen-bond donors (Lipinski definition) is 0. The van der Waals surface area contributed by atoms with Gasteiger partial charge in [-0.05, 0) is 54.8 Å². The van der Waals surface area contributed by atoms with E-state index in [4.69, 9.17) is 4.74 Å². The van der Waals surface area contributed by atoms with Gasteiger partial charge in [-0.15, -0.1) is 11.3 Å². The Labute approximate surface area is 183 Å². The molecule has 30 heavy (non-hydrogen) atoms. The normalized spacial score (nSPS) is 15.7. The maximum Gasteiger partial charge on any atom is 0.242 e. The molecule has 162 valence electrons. The van der Waals surface area contributed by atoms with Crippen LogP contribution in [0.5, 0.6) is 0 Å². The van der Waals surface area contributed by atoms with Crippen LogP contribution in [-0.2, 0) is 20.7 Å². The van der Waals surface area contributed by atoms with E-state index >= 15 is 0 Å². The summed E-state index contributed by atoms with van der Waals surface area (Å²) in [4.78, 5) is 30.9. The van der Waals surface area contributed by atoms with Gasteiger partial charge in [-0.3, -0.25) is 9.59 Å². The topological polar surface area (TPSA) is 49.9 Å². The lowest BCUT2D eigenvalue weighted by molar-refractivity contribution is -0.141. The molecule has 0 radical (unpaired) electrons. The number of carbonyl (C=O) groups is 2. The molecule has 0 N–H and O–H groups in total. The third kappa shape index (κ3) is 5.10. The summed E-state index contributed by atoms with van der Waals surface area (Å²) >= 11 is 1.77. The number of fused-ring (bicyclic) bond motifs is 1. The van der Waals surface area contributed by atoms with Crippen molar-refractivity contribution < 1.29 is 14.3 Å². The van der Waals surface area contributed by atoms with E-state index in [-0.39, 0.29) is 24.4 Å². The highest BCUT2D eigenvalue weighted by atomic mass is 32.1. The van der Waals surface area contributed by atoms with Crippen LogP contribution < -0.4 is 0 Å². The fraction of sp³-hybridized carbons (Fsp3) is 0.500. The number of hydrogen-bond acceptors (Lipinski definition) is 4. The summed E-state index contributed by atoms with van der Waals surface area (Å²) in [7, 11) is 0. The summed E-state index contributed by atoms with van der Waals surface area (Å²) in [6, 6.07) is 10.3. The number of benzene rings is 1. The summed E-state index contributed by atoms with van der Waals surface area (Å²) in [6.45, 7) is 8.52. The number of aryl methyl sites for hydroxylation is 1. The second kappa shape index (κ2) is 10.7.